The number of nitrogens with one attached hydrogen (secondary N) is 1. The highest BCUT2D eigenvalue weighted by molar-refractivity contribution is 7.99. The lowest BCUT2D eigenvalue weighted by atomic mass is 9.94. The summed E-state index contributed by atoms with van der Waals surface area (Å²) in [6.45, 7) is 0. The number of hydrogen-bond donors (Lipinski definition) is 3. The fourth-order valence-corrected chi connectivity index (χ4v) is 3.56. The third kappa shape index (κ3) is 3.17. The van der Waals surface area contributed by atoms with Gasteiger partial charge in [0.2, 0.25) is 0 Å². The highest BCUT2D eigenvalue weighted by Gasteiger charge is 2.25. The molecule has 0 radical (unpaired) electrons. The molecule has 2 rings (SSSR count). The molecule has 2 atom stereocenters. The quantitative estimate of drug-likeness (QED) is 0.744. The first-order valence-electron chi connectivity index (χ1n) is 6.64. The zero-order valence-electron chi connectivity index (χ0n) is 11.4. The molecule has 0 bridgehead atoms. The second kappa shape index (κ2) is 6.35. The van der Waals surface area contributed by atoms with Crippen molar-refractivity contribution < 1.29 is 14.3 Å². The number of nitrogen functional groups attached to an aromatic ring is 1. The van der Waals surface area contributed by atoms with E-state index in [1.165, 1.54) is 18.6 Å². The van der Waals surface area contributed by atoms with Gasteiger partial charge < -0.3 is 16.2 Å². The molecule has 2 unspecified atom stereocenters. The van der Waals surface area contributed by atoms with Gasteiger partial charge in [0.15, 0.2) is 0 Å². The second-order valence-corrected chi connectivity index (χ2v) is 6.11. The van der Waals surface area contributed by atoms with E-state index in [9.17, 15) is 9.18 Å². The Labute approximate surface area is 121 Å². The van der Waals surface area contributed by atoms with Gasteiger partial charge in [-0.05, 0) is 31.2 Å². The molecule has 0 saturated heterocycles. The van der Waals surface area contributed by atoms with Crippen molar-refractivity contribution in [2.24, 2.45) is 0 Å². The van der Waals surface area contributed by atoms with Crippen molar-refractivity contribution in [3.8, 4) is 0 Å². The molecule has 0 amide bonds. The standard InChI is InChI=1S/C14H19FN2O2S/c1-20-13-5-3-2-4-11(13)17-12-7-9(15)8(14(18)19)6-10(12)16/h6-7,11,13,17H,2-5,16H2,1H3,(H,18,19). The summed E-state index contributed by atoms with van der Waals surface area (Å²) in [5.74, 6) is -2.06. The summed E-state index contributed by atoms with van der Waals surface area (Å²) in [5.41, 5.74) is 6.20. The van der Waals surface area contributed by atoms with Crippen molar-refractivity contribution in [3.05, 3.63) is 23.5 Å². The summed E-state index contributed by atoms with van der Waals surface area (Å²) in [5, 5.41) is 12.6. The third-order valence-corrected chi connectivity index (χ3v) is 4.89. The molecular formula is C14H19FN2O2S. The van der Waals surface area contributed by atoms with E-state index in [1.807, 2.05) is 0 Å². The summed E-state index contributed by atoms with van der Waals surface area (Å²) in [7, 11) is 0. The van der Waals surface area contributed by atoms with Crippen molar-refractivity contribution >= 4 is 29.1 Å². The lowest BCUT2D eigenvalue weighted by Crippen LogP contribution is -2.34. The van der Waals surface area contributed by atoms with Gasteiger partial charge in [-0.2, -0.15) is 11.8 Å². The number of nitrogens with two attached hydrogens (primary N) is 1. The molecular weight excluding hydrogens is 279 g/mol. The molecule has 1 saturated carbocycles. The topological polar surface area (TPSA) is 75.3 Å². The van der Waals surface area contributed by atoms with Crippen molar-refractivity contribution in [2.75, 3.05) is 17.3 Å². The molecule has 4 nitrogen and oxygen atoms in total. The smallest absolute Gasteiger partial charge is 0.338 e. The number of anilines is 2. The molecule has 1 fully saturated rings. The molecule has 1 aliphatic rings. The van der Waals surface area contributed by atoms with Crippen LogP contribution in [0, 0.1) is 5.82 Å². The van der Waals surface area contributed by atoms with Gasteiger partial charge in [0.1, 0.15) is 5.82 Å². The Morgan fingerprint density at radius 1 is 1.45 bits per heavy atom. The molecule has 1 aliphatic carbocycles. The largest absolute Gasteiger partial charge is 0.478 e. The van der Waals surface area contributed by atoms with E-state index in [0.29, 0.717) is 10.9 Å². The van der Waals surface area contributed by atoms with Crippen LogP contribution in [0.4, 0.5) is 15.8 Å². The number of rotatable bonds is 4. The molecule has 0 aliphatic heterocycles. The van der Waals surface area contributed by atoms with Crippen LogP contribution in [0.5, 0.6) is 0 Å². The lowest BCUT2D eigenvalue weighted by Gasteiger charge is -2.32. The second-order valence-electron chi connectivity index (χ2n) is 5.03. The summed E-state index contributed by atoms with van der Waals surface area (Å²) >= 11 is 1.80. The molecule has 0 heterocycles. The Morgan fingerprint density at radius 3 is 2.80 bits per heavy atom. The van der Waals surface area contributed by atoms with Crippen LogP contribution in [0.1, 0.15) is 36.0 Å². The molecule has 20 heavy (non-hydrogen) atoms. The number of carboxylic acid groups (broad SMARTS) is 1. The van der Waals surface area contributed by atoms with Crippen molar-refractivity contribution in [3.63, 3.8) is 0 Å². The van der Waals surface area contributed by atoms with Gasteiger partial charge in [-0.3, -0.25) is 0 Å². The number of carbonyl (C=O) groups is 1. The van der Waals surface area contributed by atoms with Crippen LogP contribution in [-0.4, -0.2) is 28.6 Å². The van der Waals surface area contributed by atoms with Crippen LogP contribution in [0.3, 0.4) is 0 Å². The Bertz CT molecular complexity index is 510. The van der Waals surface area contributed by atoms with E-state index in [1.54, 1.807) is 11.8 Å². The first-order chi connectivity index (χ1) is 9.52. The maximum atomic E-state index is 13.7. The van der Waals surface area contributed by atoms with Gasteiger partial charge >= 0.3 is 5.97 Å². The number of hydrogen-bond acceptors (Lipinski definition) is 4. The maximum absolute atomic E-state index is 13.7. The molecule has 4 N–H and O–H groups in total. The number of thioether (sulfide) groups is 1. The molecule has 1 aromatic rings. The van der Waals surface area contributed by atoms with Crippen LogP contribution in [0.25, 0.3) is 0 Å². The average Bonchev–Trinajstić information content (AvgIpc) is 2.42. The Morgan fingerprint density at radius 2 is 2.15 bits per heavy atom. The average molecular weight is 298 g/mol. The first-order valence-corrected chi connectivity index (χ1v) is 7.93. The molecule has 110 valence electrons. The summed E-state index contributed by atoms with van der Waals surface area (Å²) in [4.78, 5) is 10.9. The maximum Gasteiger partial charge on any atom is 0.338 e. The van der Waals surface area contributed by atoms with Crippen molar-refractivity contribution in [1.29, 1.82) is 0 Å². The number of benzene rings is 1. The Balaban J connectivity index is 2.20. The zero-order valence-corrected chi connectivity index (χ0v) is 12.2. The monoisotopic (exact) mass is 298 g/mol. The Kier molecular flexibility index (Phi) is 4.75. The van der Waals surface area contributed by atoms with Crippen LogP contribution in [0.2, 0.25) is 0 Å². The predicted molar refractivity (Wildman–Crippen MR) is 81.0 cm³/mol. The highest BCUT2D eigenvalue weighted by atomic mass is 32.2. The third-order valence-electron chi connectivity index (χ3n) is 3.72. The summed E-state index contributed by atoms with van der Waals surface area (Å²) < 4.78 is 13.7. The Hall–Kier alpha value is -1.43. The van der Waals surface area contributed by atoms with Crippen LogP contribution in [0.15, 0.2) is 12.1 Å². The van der Waals surface area contributed by atoms with Crippen LogP contribution >= 0.6 is 11.8 Å². The molecule has 6 heteroatoms. The fraction of sp³-hybridized carbons (Fsp3) is 0.500. The number of carboxylic acids is 1. The highest BCUT2D eigenvalue weighted by Crippen LogP contribution is 2.32. The van der Waals surface area contributed by atoms with Gasteiger partial charge in [-0.15, -0.1) is 0 Å². The van der Waals surface area contributed by atoms with E-state index < -0.39 is 17.3 Å². The summed E-state index contributed by atoms with van der Waals surface area (Å²) in [6, 6.07) is 2.61. The summed E-state index contributed by atoms with van der Waals surface area (Å²) in [6.07, 6.45) is 6.58. The number of halogens is 1. The zero-order chi connectivity index (χ0) is 14.7. The van der Waals surface area contributed by atoms with Crippen LogP contribution in [-0.2, 0) is 0 Å². The van der Waals surface area contributed by atoms with Gasteiger partial charge in [0.05, 0.1) is 16.9 Å². The SMILES string of the molecule is CSC1CCCCC1Nc1cc(F)c(C(=O)O)cc1N. The fourth-order valence-electron chi connectivity index (χ4n) is 2.62. The van der Waals surface area contributed by atoms with E-state index in [2.05, 4.69) is 11.6 Å². The van der Waals surface area contributed by atoms with Gasteiger partial charge in [0, 0.05) is 11.3 Å². The van der Waals surface area contributed by atoms with Gasteiger partial charge in [-0.25, -0.2) is 9.18 Å². The van der Waals surface area contributed by atoms with E-state index >= 15 is 0 Å². The van der Waals surface area contributed by atoms with Crippen molar-refractivity contribution in [1.82, 2.24) is 0 Å². The van der Waals surface area contributed by atoms with Crippen LogP contribution < -0.4 is 11.1 Å². The van der Waals surface area contributed by atoms with E-state index in [4.69, 9.17) is 10.8 Å². The molecule has 1 aromatic carbocycles. The number of aromatic carboxylic acids is 1. The van der Waals surface area contributed by atoms with Gasteiger partial charge in [0.25, 0.3) is 0 Å². The molecule has 0 aromatic heterocycles. The minimum atomic E-state index is -1.31. The normalized spacial score (nSPS) is 22.5. The predicted octanol–water partition coefficient (Wildman–Crippen LogP) is 3.19. The van der Waals surface area contributed by atoms with Gasteiger partial charge in [-0.1, -0.05) is 12.8 Å². The van der Waals surface area contributed by atoms with Crippen molar-refractivity contribution in [2.45, 2.75) is 37.0 Å². The lowest BCUT2D eigenvalue weighted by molar-refractivity contribution is 0.0692. The van der Waals surface area contributed by atoms with E-state index in [-0.39, 0.29) is 11.7 Å². The first kappa shape index (κ1) is 15.0. The van der Waals surface area contributed by atoms with E-state index in [0.717, 1.165) is 19.3 Å². The molecule has 0 spiro atoms. The minimum absolute atomic E-state index is 0.246. The minimum Gasteiger partial charge on any atom is -0.478 e.